The Labute approximate surface area is 141 Å². The molecule has 1 aromatic rings. The molecule has 0 aromatic heterocycles. The molecule has 6 heteroatoms. The van der Waals surface area contributed by atoms with Gasteiger partial charge in [-0.05, 0) is 38.5 Å². The summed E-state index contributed by atoms with van der Waals surface area (Å²) < 4.78 is 21.1. The van der Waals surface area contributed by atoms with Gasteiger partial charge in [0.05, 0.1) is 25.9 Å². The van der Waals surface area contributed by atoms with Crippen LogP contribution in [-0.2, 0) is 23.8 Å². The van der Waals surface area contributed by atoms with Crippen molar-refractivity contribution in [1.29, 1.82) is 0 Å². The van der Waals surface area contributed by atoms with Gasteiger partial charge in [0.1, 0.15) is 23.5 Å². The molecule has 24 heavy (non-hydrogen) atoms. The van der Waals surface area contributed by atoms with E-state index >= 15 is 0 Å². The molecular formula is C18H22O6. The number of methoxy groups -OCH3 is 2. The van der Waals surface area contributed by atoms with Crippen LogP contribution in [0.4, 0.5) is 0 Å². The molecule has 0 amide bonds. The zero-order valence-corrected chi connectivity index (χ0v) is 14.5. The first kappa shape index (κ1) is 17.8. The van der Waals surface area contributed by atoms with Crippen molar-refractivity contribution >= 4 is 11.9 Å². The molecule has 1 aliphatic heterocycles. The number of hydrogen-bond donors (Lipinski definition) is 0. The molecule has 0 spiro atoms. The smallest absolute Gasteiger partial charge is 0.338 e. The largest absolute Gasteiger partial charge is 0.497 e. The van der Waals surface area contributed by atoms with Gasteiger partial charge in [0.25, 0.3) is 0 Å². The van der Waals surface area contributed by atoms with Gasteiger partial charge in [-0.25, -0.2) is 4.79 Å². The zero-order chi connectivity index (χ0) is 17.9. The van der Waals surface area contributed by atoms with E-state index in [1.165, 1.54) is 7.11 Å². The van der Waals surface area contributed by atoms with Crippen molar-refractivity contribution in [1.82, 2.24) is 0 Å². The maximum atomic E-state index is 12.4. The van der Waals surface area contributed by atoms with Gasteiger partial charge < -0.3 is 18.9 Å². The third-order valence-corrected chi connectivity index (χ3v) is 3.76. The fourth-order valence-electron chi connectivity index (χ4n) is 2.66. The van der Waals surface area contributed by atoms with Crippen molar-refractivity contribution in [3.8, 4) is 5.75 Å². The first-order valence-electron chi connectivity index (χ1n) is 7.69. The highest BCUT2D eigenvalue weighted by molar-refractivity contribution is 5.97. The van der Waals surface area contributed by atoms with Crippen molar-refractivity contribution in [3.05, 3.63) is 41.2 Å². The predicted octanol–water partition coefficient (Wildman–Crippen LogP) is 2.78. The molecule has 0 saturated carbocycles. The molecule has 2 atom stereocenters. The lowest BCUT2D eigenvalue weighted by Crippen LogP contribution is -2.27. The first-order valence-corrected chi connectivity index (χ1v) is 7.69. The molecule has 0 fully saturated rings. The van der Waals surface area contributed by atoms with Crippen molar-refractivity contribution in [2.45, 2.75) is 33.0 Å². The minimum atomic E-state index is -0.866. The first-order chi connectivity index (χ1) is 11.4. The second-order valence-corrected chi connectivity index (χ2v) is 5.74. The molecule has 0 saturated heterocycles. The molecular weight excluding hydrogens is 312 g/mol. The van der Waals surface area contributed by atoms with E-state index in [-0.39, 0.29) is 11.7 Å². The number of ether oxygens (including phenoxy) is 4. The van der Waals surface area contributed by atoms with E-state index in [0.29, 0.717) is 11.5 Å². The highest BCUT2D eigenvalue weighted by Gasteiger charge is 2.46. The van der Waals surface area contributed by atoms with Gasteiger partial charge in [0, 0.05) is 0 Å². The molecule has 1 heterocycles. The summed E-state index contributed by atoms with van der Waals surface area (Å²) in [7, 11) is 2.86. The standard InChI is InChI=1S/C18H22O6/c1-10(2)23-18(20)14-11(3)24-16(15(14)17(19)22-5)12-6-8-13(21-4)9-7-12/h6-10,15-16H,1-5H3/t15-,16+/m1/s1. The second-order valence-electron chi connectivity index (χ2n) is 5.74. The molecule has 6 nitrogen and oxygen atoms in total. The van der Waals surface area contributed by atoms with E-state index in [0.717, 1.165) is 5.56 Å². The van der Waals surface area contributed by atoms with E-state index in [1.807, 2.05) is 0 Å². The Morgan fingerprint density at radius 1 is 1.12 bits per heavy atom. The van der Waals surface area contributed by atoms with E-state index in [2.05, 4.69) is 0 Å². The lowest BCUT2D eigenvalue weighted by molar-refractivity contribution is -0.151. The summed E-state index contributed by atoms with van der Waals surface area (Å²) in [5.41, 5.74) is 0.953. The van der Waals surface area contributed by atoms with Crippen LogP contribution in [0.1, 0.15) is 32.4 Å². The molecule has 0 N–H and O–H groups in total. The van der Waals surface area contributed by atoms with Gasteiger partial charge in [-0.3, -0.25) is 4.79 Å². The van der Waals surface area contributed by atoms with Gasteiger partial charge in [0.2, 0.25) is 0 Å². The van der Waals surface area contributed by atoms with Crippen LogP contribution in [-0.4, -0.2) is 32.3 Å². The summed E-state index contributed by atoms with van der Waals surface area (Å²) in [5, 5.41) is 0. The van der Waals surface area contributed by atoms with Crippen molar-refractivity contribution in [2.75, 3.05) is 14.2 Å². The average Bonchev–Trinajstić information content (AvgIpc) is 2.91. The monoisotopic (exact) mass is 334 g/mol. The molecule has 0 radical (unpaired) electrons. The van der Waals surface area contributed by atoms with E-state index < -0.39 is 24.0 Å². The molecule has 0 bridgehead atoms. The fraction of sp³-hybridized carbons (Fsp3) is 0.444. The van der Waals surface area contributed by atoms with Crippen molar-refractivity contribution < 1.29 is 28.5 Å². The van der Waals surface area contributed by atoms with Crippen LogP contribution in [0.15, 0.2) is 35.6 Å². The van der Waals surface area contributed by atoms with Gasteiger partial charge in [-0.1, -0.05) is 12.1 Å². The highest BCUT2D eigenvalue weighted by Crippen LogP contribution is 2.42. The summed E-state index contributed by atoms with van der Waals surface area (Å²) in [6.07, 6.45) is -0.936. The van der Waals surface area contributed by atoms with Gasteiger partial charge in [-0.2, -0.15) is 0 Å². The Morgan fingerprint density at radius 2 is 1.75 bits per heavy atom. The normalized spacial score (nSPS) is 19.9. The van der Waals surface area contributed by atoms with Crippen LogP contribution in [0.25, 0.3) is 0 Å². The summed E-state index contributed by atoms with van der Waals surface area (Å²) >= 11 is 0. The second kappa shape index (κ2) is 7.38. The highest BCUT2D eigenvalue weighted by atomic mass is 16.6. The molecule has 0 aliphatic carbocycles. The molecule has 0 unspecified atom stereocenters. The topological polar surface area (TPSA) is 71.1 Å². The third kappa shape index (κ3) is 3.53. The Balaban J connectivity index is 2.36. The maximum Gasteiger partial charge on any atom is 0.338 e. The van der Waals surface area contributed by atoms with Crippen LogP contribution in [0.5, 0.6) is 5.75 Å². The Morgan fingerprint density at radius 3 is 2.25 bits per heavy atom. The lowest BCUT2D eigenvalue weighted by atomic mass is 9.90. The quantitative estimate of drug-likeness (QED) is 0.771. The zero-order valence-electron chi connectivity index (χ0n) is 14.5. The predicted molar refractivity (Wildman–Crippen MR) is 86.3 cm³/mol. The Hall–Kier alpha value is -2.50. The van der Waals surface area contributed by atoms with E-state index in [4.69, 9.17) is 18.9 Å². The van der Waals surface area contributed by atoms with E-state index in [1.54, 1.807) is 52.1 Å². The Kier molecular flexibility index (Phi) is 5.49. The lowest BCUT2D eigenvalue weighted by Gasteiger charge is -2.20. The molecule has 1 aliphatic rings. The van der Waals surface area contributed by atoms with Gasteiger partial charge in [-0.15, -0.1) is 0 Å². The van der Waals surface area contributed by atoms with Crippen molar-refractivity contribution in [3.63, 3.8) is 0 Å². The molecule has 1 aromatic carbocycles. The summed E-state index contributed by atoms with van der Waals surface area (Å²) in [5.74, 6) is -0.903. The Bertz CT molecular complexity index is 644. The summed E-state index contributed by atoms with van der Waals surface area (Å²) in [6.45, 7) is 5.14. The fourth-order valence-corrected chi connectivity index (χ4v) is 2.66. The molecule has 2 rings (SSSR count). The number of carbonyl (C=O) groups excluding carboxylic acids is 2. The van der Waals surface area contributed by atoms with Crippen molar-refractivity contribution in [2.24, 2.45) is 5.92 Å². The SMILES string of the molecule is COC(=O)[C@@H]1C(C(=O)OC(C)C)=C(C)O[C@H]1c1ccc(OC)cc1. The van der Waals surface area contributed by atoms with Crippen LogP contribution < -0.4 is 4.74 Å². The number of esters is 2. The van der Waals surface area contributed by atoms with Gasteiger partial charge >= 0.3 is 11.9 Å². The number of benzene rings is 1. The number of allylic oxidation sites excluding steroid dienone is 1. The maximum absolute atomic E-state index is 12.4. The summed E-state index contributed by atoms with van der Waals surface area (Å²) in [4.78, 5) is 24.7. The number of rotatable bonds is 5. The number of carbonyl (C=O) groups is 2. The van der Waals surface area contributed by atoms with Crippen LogP contribution in [0, 0.1) is 5.92 Å². The number of hydrogen-bond acceptors (Lipinski definition) is 6. The van der Waals surface area contributed by atoms with Gasteiger partial charge in [0.15, 0.2) is 0 Å². The molecule has 130 valence electrons. The van der Waals surface area contributed by atoms with Crippen LogP contribution in [0.2, 0.25) is 0 Å². The minimum Gasteiger partial charge on any atom is -0.497 e. The minimum absolute atomic E-state index is 0.205. The average molecular weight is 334 g/mol. The third-order valence-electron chi connectivity index (χ3n) is 3.76. The van der Waals surface area contributed by atoms with Crippen LogP contribution >= 0.6 is 0 Å². The van der Waals surface area contributed by atoms with E-state index in [9.17, 15) is 9.59 Å². The summed E-state index contributed by atoms with van der Waals surface area (Å²) in [6, 6.07) is 7.13. The van der Waals surface area contributed by atoms with Crippen LogP contribution in [0.3, 0.4) is 0 Å².